The van der Waals surface area contributed by atoms with Crippen LogP contribution in [0.5, 0.6) is 23.0 Å². The van der Waals surface area contributed by atoms with Gasteiger partial charge >= 0.3 is 0 Å². The maximum atomic E-state index is 6.28. The SMILES string of the molecule is CCc1ccc(OCC2c3cc(OC)c(OC)cc3CCN2C(=S)Nc2cccc(OC)c2)cc1. The molecule has 1 atom stereocenters. The Balaban J connectivity index is 1.62. The Kier molecular flexibility index (Phi) is 7.98. The predicted molar refractivity (Wildman–Crippen MR) is 143 cm³/mol. The second-order valence-corrected chi connectivity index (χ2v) is 8.72. The van der Waals surface area contributed by atoms with Gasteiger partial charge in [-0.2, -0.15) is 0 Å². The number of methoxy groups -OCH3 is 3. The van der Waals surface area contributed by atoms with E-state index in [2.05, 4.69) is 35.3 Å². The summed E-state index contributed by atoms with van der Waals surface area (Å²) in [4.78, 5) is 2.18. The number of thiocarbonyl (C=S) groups is 1. The number of ether oxygens (including phenoxy) is 4. The van der Waals surface area contributed by atoms with Crippen LogP contribution in [-0.4, -0.2) is 44.5 Å². The van der Waals surface area contributed by atoms with E-state index in [-0.39, 0.29) is 6.04 Å². The summed E-state index contributed by atoms with van der Waals surface area (Å²) in [7, 11) is 4.97. The van der Waals surface area contributed by atoms with Gasteiger partial charge < -0.3 is 29.2 Å². The third kappa shape index (κ3) is 5.62. The van der Waals surface area contributed by atoms with E-state index < -0.39 is 0 Å². The van der Waals surface area contributed by atoms with Crippen molar-refractivity contribution in [3.63, 3.8) is 0 Å². The molecule has 3 aromatic rings. The summed E-state index contributed by atoms with van der Waals surface area (Å²) in [6.07, 6.45) is 1.83. The van der Waals surface area contributed by atoms with Crippen molar-refractivity contribution in [2.75, 3.05) is 39.8 Å². The third-order valence-corrected chi connectivity index (χ3v) is 6.66. The van der Waals surface area contributed by atoms with Crippen molar-refractivity contribution >= 4 is 23.0 Å². The highest BCUT2D eigenvalue weighted by Crippen LogP contribution is 2.38. The molecule has 0 aliphatic carbocycles. The molecule has 0 saturated carbocycles. The first-order valence-corrected chi connectivity index (χ1v) is 12.1. The van der Waals surface area contributed by atoms with E-state index in [0.29, 0.717) is 17.5 Å². The number of rotatable bonds is 8. The van der Waals surface area contributed by atoms with Gasteiger partial charge in [-0.05, 0) is 78.1 Å². The van der Waals surface area contributed by atoms with Crippen molar-refractivity contribution in [1.82, 2.24) is 4.90 Å². The summed E-state index contributed by atoms with van der Waals surface area (Å²) in [6, 6.07) is 20.0. The molecule has 1 unspecified atom stereocenters. The predicted octanol–water partition coefficient (Wildman–Crippen LogP) is 5.65. The fourth-order valence-electron chi connectivity index (χ4n) is 4.34. The molecule has 0 saturated heterocycles. The Morgan fingerprint density at radius 1 is 0.943 bits per heavy atom. The second-order valence-electron chi connectivity index (χ2n) is 8.34. The number of hydrogen-bond acceptors (Lipinski definition) is 5. The molecule has 6 nitrogen and oxygen atoms in total. The lowest BCUT2D eigenvalue weighted by atomic mass is 9.92. The highest BCUT2D eigenvalue weighted by atomic mass is 32.1. The molecule has 0 bridgehead atoms. The normalized spacial score (nSPS) is 14.6. The molecule has 1 aliphatic rings. The summed E-state index contributed by atoms with van der Waals surface area (Å²) in [5.74, 6) is 3.03. The molecule has 0 radical (unpaired) electrons. The molecule has 1 N–H and O–H groups in total. The molecule has 4 rings (SSSR count). The summed E-state index contributed by atoms with van der Waals surface area (Å²) in [6.45, 7) is 3.33. The minimum Gasteiger partial charge on any atom is -0.497 e. The average Bonchev–Trinajstić information content (AvgIpc) is 2.91. The van der Waals surface area contributed by atoms with Crippen LogP contribution in [0, 0.1) is 0 Å². The Hall–Kier alpha value is -3.45. The van der Waals surface area contributed by atoms with Crippen LogP contribution in [0.1, 0.15) is 29.7 Å². The largest absolute Gasteiger partial charge is 0.497 e. The molecule has 1 aliphatic heterocycles. The monoisotopic (exact) mass is 492 g/mol. The fourth-order valence-corrected chi connectivity index (χ4v) is 4.68. The van der Waals surface area contributed by atoms with Gasteiger partial charge in [0.2, 0.25) is 0 Å². The van der Waals surface area contributed by atoms with Crippen LogP contribution in [0.15, 0.2) is 60.7 Å². The summed E-state index contributed by atoms with van der Waals surface area (Å²) in [5, 5.41) is 4.01. The van der Waals surface area contributed by atoms with Crippen molar-refractivity contribution in [2.24, 2.45) is 0 Å². The smallest absolute Gasteiger partial charge is 0.174 e. The topological polar surface area (TPSA) is 52.2 Å². The van der Waals surface area contributed by atoms with Gasteiger partial charge in [0.1, 0.15) is 18.1 Å². The lowest BCUT2D eigenvalue weighted by molar-refractivity contribution is 0.190. The van der Waals surface area contributed by atoms with Gasteiger partial charge in [0, 0.05) is 18.3 Å². The van der Waals surface area contributed by atoms with E-state index in [1.54, 1.807) is 21.3 Å². The first-order valence-electron chi connectivity index (χ1n) is 11.7. The van der Waals surface area contributed by atoms with Crippen molar-refractivity contribution in [3.05, 3.63) is 77.4 Å². The highest BCUT2D eigenvalue weighted by molar-refractivity contribution is 7.80. The van der Waals surface area contributed by atoms with Gasteiger partial charge in [-0.25, -0.2) is 0 Å². The number of nitrogens with one attached hydrogen (secondary N) is 1. The zero-order chi connectivity index (χ0) is 24.8. The maximum Gasteiger partial charge on any atom is 0.174 e. The van der Waals surface area contributed by atoms with Crippen LogP contribution < -0.4 is 24.3 Å². The van der Waals surface area contributed by atoms with Gasteiger partial charge in [-0.3, -0.25) is 0 Å². The van der Waals surface area contributed by atoms with Gasteiger partial charge in [-0.1, -0.05) is 25.1 Å². The fraction of sp³-hybridized carbons (Fsp3) is 0.321. The second kappa shape index (κ2) is 11.3. The van der Waals surface area contributed by atoms with E-state index in [1.807, 2.05) is 42.5 Å². The number of anilines is 1. The van der Waals surface area contributed by atoms with E-state index in [9.17, 15) is 0 Å². The van der Waals surface area contributed by atoms with Crippen LogP contribution >= 0.6 is 12.2 Å². The summed E-state index contributed by atoms with van der Waals surface area (Å²) < 4.78 is 22.8. The van der Waals surface area contributed by atoms with E-state index in [0.717, 1.165) is 47.9 Å². The number of hydrogen-bond donors (Lipinski definition) is 1. The van der Waals surface area contributed by atoms with E-state index in [4.69, 9.17) is 31.2 Å². The molecule has 184 valence electrons. The number of nitrogens with zero attached hydrogens (tertiary/aromatic N) is 1. The van der Waals surface area contributed by atoms with E-state index >= 15 is 0 Å². The Morgan fingerprint density at radius 2 is 1.69 bits per heavy atom. The minimum absolute atomic E-state index is 0.102. The van der Waals surface area contributed by atoms with Crippen molar-refractivity contribution < 1.29 is 18.9 Å². The zero-order valence-corrected chi connectivity index (χ0v) is 21.5. The van der Waals surface area contributed by atoms with Crippen molar-refractivity contribution in [2.45, 2.75) is 25.8 Å². The maximum absolute atomic E-state index is 6.28. The number of benzene rings is 3. The number of aryl methyl sites for hydroxylation is 1. The van der Waals surface area contributed by atoms with Crippen LogP contribution in [0.25, 0.3) is 0 Å². The molecule has 0 fully saturated rings. The Labute approximate surface area is 212 Å². The van der Waals surface area contributed by atoms with Crippen LogP contribution in [-0.2, 0) is 12.8 Å². The first-order chi connectivity index (χ1) is 17.1. The van der Waals surface area contributed by atoms with Gasteiger partial charge in [0.05, 0.1) is 27.4 Å². The van der Waals surface area contributed by atoms with Gasteiger partial charge in [0.25, 0.3) is 0 Å². The Morgan fingerprint density at radius 3 is 2.37 bits per heavy atom. The molecule has 0 amide bonds. The van der Waals surface area contributed by atoms with Gasteiger partial charge in [-0.15, -0.1) is 0 Å². The third-order valence-electron chi connectivity index (χ3n) is 6.32. The van der Waals surface area contributed by atoms with Crippen molar-refractivity contribution in [3.8, 4) is 23.0 Å². The highest BCUT2D eigenvalue weighted by Gasteiger charge is 2.31. The molecular formula is C28H32N2O4S. The molecule has 7 heteroatoms. The average molecular weight is 493 g/mol. The Bertz CT molecular complexity index is 1170. The number of fused-ring (bicyclic) bond motifs is 1. The first kappa shape index (κ1) is 24.7. The molecule has 35 heavy (non-hydrogen) atoms. The lowest BCUT2D eigenvalue weighted by Crippen LogP contribution is -2.44. The molecular weight excluding hydrogens is 460 g/mol. The summed E-state index contributed by atoms with van der Waals surface area (Å²) in [5.41, 5.74) is 4.48. The molecule has 0 aromatic heterocycles. The molecule has 3 aromatic carbocycles. The van der Waals surface area contributed by atoms with Crippen LogP contribution in [0.4, 0.5) is 5.69 Å². The van der Waals surface area contributed by atoms with Crippen molar-refractivity contribution in [1.29, 1.82) is 0 Å². The molecule has 0 spiro atoms. The van der Waals surface area contributed by atoms with Crippen LogP contribution in [0.2, 0.25) is 0 Å². The molecule has 1 heterocycles. The van der Waals surface area contributed by atoms with Crippen LogP contribution in [0.3, 0.4) is 0 Å². The lowest BCUT2D eigenvalue weighted by Gasteiger charge is -2.39. The van der Waals surface area contributed by atoms with Gasteiger partial charge in [0.15, 0.2) is 16.6 Å². The standard InChI is InChI=1S/C28H32N2O4S/c1-5-19-9-11-22(12-10-19)34-18-25-24-17-27(33-4)26(32-3)15-20(24)13-14-30(25)28(35)29-21-7-6-8-23(16-21)31-2/h6-12,15-17,25H,5,13-14,18H2,1-4H3,(H,29,35). The zero-order valence-electron chi connectivity index (χ0n) is 20.7. The van der Waals surface area contributed by atoms with E-state index in [1.165, 1.54) is 11.1 Å². The quantitative estimate of drug-likeness (QED) is 0.408. The minimum atomic E-state index is -0.102. The summed E-state index contributed by atoms with van der Waals surface area (Å²) >= 11 is 5.88.